The Bertz CT molecular complexity index is 659. The summed E-state index contributed by atoms with van der Waals surface area (Å²) in [5.74, 6) is -0.264. The molecule has 2 aromatic rings. The van der Waals surface area contributed by atoms with Crippen molar-refractivity contribution in [2.75, 3.05) is 6.54 Å². The van der Waals surface area contributed by atoms with Gasteiger partial charge >= 0.3 is 6.09 Å². The minimum Gasteiger partial charge on any atom is -0.445 e. The van der Waals surface area contributed by atoms with Crippen LogP contribution < -0.4 is 0 Å². The molecule has 0 unspecified atom stereocenters. The SMILES string of the molecule is O=C(OCc1ccccc1)N1CCCC[C@@H]1c1ccccc1F. The van der Waals surface area contributed by atoms with Gasteiger partial charge in [-0.2, -0.15) is 0 Å². The van der Waals surface area contributed by atoms with Gasteiger partial charge in [-0.05, 0) is 30.9 Å². The second-order valence-corrected chi connectivity index (χ2v) is 5.77. The molecule has 0 spiro atoms. The lowest BCUT2D eigenvalue weighted by Crippen LogP contribution is -2.39. The van der Waals surface area contributed by atoms with E-state index in [1.54, 1.807) is 23.1 Å². The number of likely N-dealkylation sites (tertiary alicyclic amines) is 1. The molecule has 1 aliphatic rings. The number of carbonyl (C=O) groups excluding carboxylic acids is 1. The standard InChI is InChI=1S/C19H20FNO2/c20-17-11-5-4-10-16(17)18-12-6-7-13-21(18)19(22)23-14-15-8-2-1-3-9-15/h1-5,8-11,18H,6-7,12-14H2/t18-/m1/s1. The van der Waals surface area contributed by atoms with Gasteiger partial charge in [-0.3, -0.25) is 0 Å². The monoisotopic (exact) mass is 313 g/mol. The number of nitrogens with zero attached hydrogens (tertiary/aromatic N) is 1. The summed E-state index contributed by atoms with van der Waals surface area (Å²) in [5, 5.41) is 0. The number of ether oxygens (including phenoxy) is 1. The molecule has 1 saturated heterocycles. The maximum absolute atomic E-state index is 14.1. The van der Waals surface area contributed by atoms with Crippen molar-refractivity contribution in [1.29, 1.82) is 0 Å². The number of amides is 1. The van der Waals surface area contributed by atoms with E-state index in [4.69, 9.17) is 4.74 Å². The van der Waals surface area contributed by atoms with Crippen LogP contribution >= 0.6 is 0 Å². The average Bonchev–Trinajstić information content (AvgIpc) is 2.61. The summed E-state index contributed by atoms with van der Waals surface area (Å²) in [6, 6.07) is 16.0. The molecule has 0 N–H and O–H groups in total. The van der Waals surface area contributed by atoms with Crippen molar-refractivity contribution in [2.45, 2.75) is 31.9 Å². The first-order valence-corrected chi connectivity index (χ1v) is 7.97. The molecule has 120 valence electrons. The van der Waals surface area contributed by atoms with Crippen molar-refractivity contribution in [3.8, 4) is 0 Å². The maximum atomic E-state index is 14.1. The zero-order chi connectivity index (χ0) is 16.1. The van der Waals surface area contributed by atoms with Gasteiger partial charge in [0.1, 0.15) is 12.4 Å². The van der Waals surface area contributed by atoms with Crippen LogP contribution in [-0.4, -0.2) is 17.5 Å². The fourth-order valence-corrected chi connectivity index (χ4v) is 3.02. The smallest absolute Gasteiger partial charge is 0.410 e. The molecule has 1 atom stereocenters. The number of benzene rings is 2. The van der Waals surface area contributed by atoms with E-state index in [-0.39, 0.29) is 24.6 Å². The molecule has 0 aromatic heterocycles. The van der Waals surface area contributed by atoms with E-state index in [9.17, 15) is 9.18 Å². The zero-order valence-electron chi connectivity index (χ0n) is 13.0. The Morgan fingerprint density at radius 3 is 2.61 bits per heavy atom. The summed E-state index contributed by atoms with van der Waals surface area (Å²) >= 11 is 0. The summed E-state index contributed by atoms with van der Waals surface area (Å²) in [4.78, 5) is 14.1. The van der Waals surface area contributed by atoms with Gasteiger partial charge < -0.3 is 9.64 Å². The quantitative estimate of drug-likeness (QED) is 0.822. The highest BCUT2D eigenvalue weighted by atomic mass is 19.1. The summed E-state index contributed by atoms with van der Waals surface area (Å²) in [5.41, 5.74) is 1.52. The van der Waals surface area contributed by atoms with Crippen molar-refractivity contribution in [2.24, 2.45) is 0 Å². The summed E-state index contributed by atoms with van der Waals surface area (Å²) < 4.78 is 19.5. The second-order valence-electron chi connectivity index (χ2n) is 5.77. The molecule has 23 heavy (non-hydrogen) atoms. The molecule has 0 aliphatic carbocycles. The van der Waals surface area contributed by atoms with Crippen molar-refractivity contribution < 1.29 is 13.9 Å². The van der Waals surface area contributed by atoms with Crippen LogP contribution in [0, 0.1) is 5.82 Å². The summed E-state index contributed by atoms with van der Waals surface area (Å²) in [6.45, 7) is 0.840. The lowest BCUT2D eigenvalue weighted by molar-refractivity contribution is 0.0671. The molecule has 0 bridgehead atoms. The molecule has 0 saturated carbocycles. The predicted molar refractivity (Wildman–Crippen MR) is 86.3 cm³/mol. The minimum atomic E-state index is -0.373. The van der Waals surface area contributed by atoms with Gasteiger partial charge in [-0.15, -0.1) is 0 Å². The van der Waals surface area contributed by atoms with E-state index >= 15 is 0 Å². The van der Waals surface area contributed by atoms with Crippen LogP contribution in [0.4, 0.5) is 9.18 Å². The van der Waals surface area contributed by atoms with Crippen molar-refractivity contribution in [3.63, 3.8) is 0 Å². The van der Waals surface area contributed by atoms with Crippen LogP contribution in [-0.2, 0) is 11.3 Å². The molecule has 4 heteroatoms. The Morgan fingerprint density at radius 2 is 1.83 bits per heavy atom. The van der Waals surface area contributed by atoms with Gasteiger partial charge in [0.05, 0.1) is 6.04 Å². The zero-order valence-corrected chi connectivity index (χ0v) is 13.0. The third kappa shape index (κ3) is 3.70. The maximum Gasteiger partial charge on any atom is 0.410 e. The third-order valence-electron chi connectivity index (χ3n) is 4.21. The van der Waals surface area contributed by atoms with E-state index in [0.717, 1.165) is 24.8 Å². The summed E-state index contributed by atoms with van der Waals surface area (Å²) in [7, 11) is 0. The van der Waals surface area contributed by atoms with Crippen LogP contribution in [0.25, 0.3) is 0 Å². The lowest BCUT2D eigenvalue weighted by Gasteiger charge is -2.35. The molecule has 2 aromatic carbocycles. The molecule has 1 aliphatic heterocycles. The van der Waals surface area contributed by atoms with Gasteiger partial charge in [0.2, 0.25) is 0 Å². The molecule has 0 radical (unpaired) electrons. The first kappa shape index (κ1) is 15.5. The Balaban J connectivity index is 1.71. The molecular formula is C19H20FNO2. The van der Waals surface area contributed by atoms with Gasteiger partial charge in [0.25, 0.3) is 0 Å². The van der Waals surface area contributed by atoms with Crippen molar-refractivity contribution in [3.05, 3.63) is 71.5 Å². The Morgan fingerprint density at radius 1 is 1.09 bits per heavy atom. The Labute approximate surface area is 135 Å². The normalized spacial score (nSPS) is 17.8. The van der Waals surface area contributed by atoms with Gasteiger partial charge in [-0.25, -0.2) is 9.18 Å². The molecule has 3 rings (SSSR count). The number of piperidine rings is 1. The topological polar surface area (TPSA) is 29.5 Å². The Hall–Kier alpha value is -2.36. The highest BCUT2D eigenvalue weighted by Gasteiger charge is 2.30. The first-order valence-electron chi connectivity index (χ1n) is 7.97. The van der Waals surface area contributed by atoms with Crippen LogP contribution in [0.2, 0.25) is 0 Å². The number of hydrogen-bond acceptors (Lipinski definition) is 2. The highest BCUT2D eigenvalue weighted by Crippen LogP contribution is 2.32. The number of halogens is 1. The third-order valence-corrected chi connectivity index (χ3v) is 4.21. The van der Waals surface area contributed by atoms with Crippen LogP contribution in [0.1, 0.15) is 36.4 Å². The largest absolute Gasteiger partial charge is 0.445 e. The van der Waals surface area contributed by atoms with Crippen LogP contribution in [0.5, 0.6) is 0 Å². The van der Waals surface area contributed by atoms with E-state index in [0.29, 0.717) is 12.1 Å². The number of carbonyl (C=O) groups is 1. The number of rotatable bonds is 3. The number of hydrogen-bond donors (Lipinski definition) is 0. The second kappa shape index (κ2) is 7.27. The molecule has 1 fully saturated rings. The van der Waals surface area contributed by atoms with Gasteiger partial charge in [0.15, 0.2) is 0 Å². The molecule has 3 nitrogen and oxygen atoms in total. The molecule has 1 heterocycles. The first-order chi connectivity index (χ1) is 11.3. The van der Waals surface area contributed by atoms with E-state index in [1.807, 2.05) is 30.3 Å². The van der Waals surface area contributed by atoms with Gasteiger partial charge in [0, 0.05) is 12.1 Å². The van der Waals surface area contributed by atoms with E-state index in [2.05, 4.69) is 0 Å². The average molecular weight is 313 g/mol. The fraction of sp³-hybridized carbons (Fsp3) is 0.316. The van der Waals surface area contributed by atoms with Crippen molar-refractivity contribution in [1.82, 2.24) is 4.90 Å². The van der Waals surface area contributed by atoms with E-state index in [1.165, 1.54) is 6.07 Å². The summed E-state index contributed by atoms with van der Waals surface area (Å²) in [6.07, 6.45) is 2.30. The fourth-order valence-electron chi connectivity index (χ4n) is 3.02. The van der Waals surface area contributed by atoms with Crippen molar-refractivity contribution >= 4 is 6.09 Å². The lowest BCUT2D eigenvalue weighted by atomic mass is 9.95. The van der Waals surface area contributed by atoms with Crippen LogP contribution in [0.15, 0.2) is 54.6 Å². The molecule has 1 amide bonds. The van der Waals surface area contributed by atoms with Crippen LogP contribution in [0.3, 0.4) is 0 Å². The predicted octanol–water partition coefficient (Wildman–Crippen LogP) is 4.69. The Kier molecular flexibility index (Phi) is 4.91. The highest BCUT2D eigenvalue weighted by molar-refractivity contribution is 5.68. The molecular weight excluding hydrogens is 293 g/mol. The van der Waals surface area contributed by atoms with Gasteiger partial charge in [-0.1, -0.05) is 48.5 Å². The van der Waals surface area contributed by atoms with E-state index < -0.39 is 0 Å². The minimum absolute atomic E-state index is 0.236.